The third-order valence-electron chi connectivity index (χ3n) is 3.37. The van der Waals surface area contributed by atoms with Crippen molar-refractivity contribution in [2.24, 2.45) is 5.92 Å². The minimum atomic E-state index is 0.0348. The lowest BCUT2D eigenvalue weighted by Crippen LogP contribution is -2.38. The number of anilines is 2. The predicted octanol–water partition coefficient (Wildman–Crippen LogP) is 1.56. The van der Waals surface area contributed by atoms with Crippen molar-refractivity contribution < 1.29 is 9.47 Å². The summed E-state index contributed by atoms with van der Waals surface area (Å²) in [6.07, 6.45) is 2.34. The molecule has 1 aliphatic rings. The first kappa shape index (κ1) is 15.8. The second-order valence-electron chi connectivity index (χ2n) is 5.57. The van der Waals surface area contributed by atoms with E-state index in [-0.39, 0.29) is 6.10 Å². The van der Waals surface area contributed by atoms with Crippen molar-refractivity contribution in [3.05, 3.63) is 0 Å². The fourth-order valence-electron chi connectivity index (χ4n) is 2.48. The minimum absolute atomic E-state index is 0.0348. The highest BCUT2D eigenvalue weighted by Crippen LogP contribution is 2.22. The van der Waals surface area contributed by atoms with E-state index < -0.39 is 0 Å². The Bertz CT molecular complexity index is 453. The maximum Gasteiger partial charge on any atom is 0.323 e. The number of hydrogen-bond donors (Lipinski definition) is 1. The average molecular weight is 295 g/mol. The van der Waals surface area contributed by atoms with Gasteiger partial charge in [0.15, 0.2) is 0 Å². The predicted molar refractivity (Wildman–Crippen MR) is 82.0 cm³/mol. The zero-order valence-corrected chi connectivity index (χ0v) is 13.3. The van der Waals surface area contributed by atoms with Gasteiger partial charge in [-0.15, -0.1) is 0 Å². The Balaban J connectivity index is 2.17. The van der Waals surface area contributed by atoms with E-state index in [0.717, 1.165) is 26.1 Å². The van der Waals surface area contributed by atoms with Crippen LogP contribution >= 0.6 is 0 Å². The van der Waals surface area contributed by atoms with E-state index in [2.05, 4.69) is 25.2 Å². The van der Waals surface area contributed by atoms with E-state index in [4.69, 9.17) is 9.47 Å². The van der Waals surface area contributed by atoms with Gasteiger partial charge in [0.25, 0.3) is 0 Å². The van der Waals surface area contributed by atoms with E-state index in [1.165, 1.54) is 6.42 Å². The zero-order valence-electron chi connectivity index (χ0n) is 13.3. The van der Waals surface area contributed by atoms with Crippen LogP contribution in [0.1, 0.15) is 26.7 Å². The van der Waals surface area contributed by atoms with Gasteiger partial charge in [0.05, 0.1) is 12.7 Å². The van der Waals surface area contributed by atoms with Gasteiger partial charge in [-0.2, -0.15) is 15.0 Å². The van der Waals surface area contributed by atoms with Gasteiger partial charge in [-0.1, -0.05) is 0 Å². The molecule has 0 radical (unpaired) electrons. The molecule has 7 heteroatoms. The Morgan fingerprint density at radius 2 is 2.14 bits per heavy atom. The lowest BCUT2D eigenvalue weighted by molar-refractivity contribution is 0.143. The lowest BCUT2D eigenvalue weighted by Gasteiger charge is -2.32. The van der Waals surface area contributed by atoms with Crippen LogP contribution in [0.4, 0.5) is 11.9 Å². The second kappa shape index (κ2) is 7.40. The van der Waals surface area contributed by atoms with Crippen LogP contribution < -0.4 is 15.0 Å². The number of rotatable bonds is 6. The molecule has 2 rings (SSSR count). The largest absolute Gasteiger partial charge is 0.461 e. The van der Waals surface area contributed by atoms with Crippen molar-refractivity contribution in [1.29, 1.82) is 0 Å². The quantitative estimate of drug-likeness (QED) is 0.853. The topological polar surface area (TPSA) is 72.4 Å². The molecule has 1 aromatic rings. The molecule has 1 atom stereocenters. The summed E-state index contributed by atoms with van der Waals surface area (Å²) in [7, 11) is 3.54. The van der Waals surface area contributed by atoms with Crippen molar-refractivity contribution in [2.45, 2.75) is 32.8 Å². The molecule has 1 N–H and O–H groups in total. The fourth-order valence-corrected chi connectivity index (χ4v) is 2.48. The Hall–Kier alpha value is -1.63. The van der Waals surface area contributed by atoms with Gasteiger partial charge in [0.2, 0.25) is 11.9 Å². The third-order valence-corrected chi connectivity index (χ3v) is 3.37. The highest BCUT2D eigenvalue weighted by molar-refractivity contribution is 5.38. The summed E-state index contributed by atoms with van der Waals surface area (Å²) >= 11 is 0. The van der Waals surface area contributed by atoms with Crippen molar-refractivity contribution in [3.8, 4) is 6.01 Å². The Morgan fingerprint density at radius 3 is 2.81 bits per heavy atom. The monoisotopic (exact) mass is 295 g/mol. The molecule has 1 saturated heterocycles. The van der Waals surface area contributed by atoms with E-state index in [9.17, 15) is 0 Å². The zero-order chi connectivity index (χ0) is 15.2. The van der Waals surface area contributed by atoms with Crippen LogP contribution in [0.25, 0.3) is 0 Å². The molecule has 0 amide bonds. The van der Waals surface area contributed by atoms with Crippen LogP contribution in [0, 0.1) is 5.92 Å². The van der Waals surface area contributed by atoms with Gasteiger partial charge in [0, 0.05) is 27.2 Å². The number of hydrogen-bond acceptors (Lipinski definition) is 7. The number of nitrogens with one attached hydrogen (secondary N) is 1. The molecule has 0 bridgehead atoms. The summed E-state index contributed by atoms with van der Waals surface area (Å²) in [5.74, 6) is 1.73. The molecule has 1 unspecified atom stereocenters. The van der Waals surface area contributed by atoms with E-state index in [0.29, 0.717) is 23.8 Å². The standard InChI is InChI=1S/C14H25N5O2/c1-10(2)21-14-17-12(15-3)16-13(18-14)19-7-5-6-11(8-19)9-20-4/h10-11H,5-9H2,1-4H3,(H,15,16,17,18). The molecule has 0 aromatic carbocycles. The summed E-state index contributed by atoms with van der Waals surface area (Å²) in [5, 5.41) is 2.96. The highest BCUT2D eigenvalue weighted by atomic mass is 16.5. The molecule has 1 fully saturated rings. The van der Waals surface area contributed by atoms with Crippen LogP contribution in [0.5, 0.6) is 6.01 Å². The third kappa shape index (κ3) is 4.42. The molecule has 0 spiro atoms. The van der Waals surface area contributed by atoms with E-state index >= 15 is 0 Å². The van der Waals surface area contributed by atoms with E-state index in [1.54, 1.807) is 14.2 Å². The molecule has 1 aromatic heterocycles. The molecule has 7 nitrogen and oxygen atoms in total. The van der Waals surface area contributed by atoms with Gasteiger partial charge in [-0.05, 0) is 32.6 Å². The number of nitrogens with zero attached hydrogens (tertiary/aromatic N) is 4. The van der Waals surface area contributed by atoms with Gasteiger partial charge >= 0.3 is 6.01 Å². The molecule has 118 valence electrons. The van der Waals surface area contributed by atoms with Crippen LogP contribution in [-0.4, -0.2) is 54.9 Å². The first-order chi connectivity index (χ1) is 10.1. The normalized spacial score (nSPS) is 18.9. The molecular weight excluding hydrogens is 270 g/mol. The SMILES string of the molecule is CNc1nc(OC(C)C)nc(N2CCCC(COC)C2)n1. The highest BCUT2D eigenvalue weighted by Gasteiger charge is 2.23. The van der Waals surface area contributed by atoms with Crippen molar-refractivity contribution >= 4 is 11.9 Å². The Morgan fingerprint density at radius 1 is 1.33 bits per heavy atom. The smallest absolute Gasteiger partial charge is 0.323 e. The van der Waals surface area contributed by atoms with Crippen LogP contribution in [0.3, 0.4) is 0 Å². The summed E-state index contributed by atoms with van der Waals surface area (Å²) in [6, 6.07) is 0.369. The number of piperidine rings is 1. The molecule has 21 heavy (non-hydrogen) atoms. The van der Waals surface area contributed by atoms with Crippen molar-refractivity contribution in [1.82, 2.24) is 15.0 Å². The lowest BCUT2D eigenvalue weighted by atomic mass is 9.99. The minimum Gasteiger partial charge on any atom is -0.461 e. The van der Waals surface area contributed by atoms with Crippen molar-refractivity contribution in [3.63, 3.8) is 0 Å². The summed E-state index contributed by atoms with van der Waals surface area (Å²) in [6.45, 7) is 6.54. The Labute approximate surface area is 126 Å². The van der Waals surface area contributed by atoms with E-state index in [1.807, 2.05) is 13.8 Å². The fraction of sp³-hybridized carbons (Fsp3) is 0.786. The first-order valence-corrected chi connectivity index (χ1v) is 7.46. The molecular formula is C14H25N5O2. The number of ether oxygens (including phenoxy) is 2. The summed E-state index contributed by atoms with van der Waals surface area (Å²) in [4.78, 5) is 15.3. The molecule has 1 aliphatic heterocycles. The van der Waals surface area contributed by atoms with Gasteiger partial charge in [-0.25, -0.2) is 0 Å². The number of methoxy groups -OCH3 is 1. The summed E-state index contributed by atoms with van der Waals surface area (Å²) < 4.78 is 10.9. The first-order valence-electron chi connectivity index (χ1n) is 7.46. The Kier molecular flexibility index (Phi) is 5.55. The molecule has 0 saturated carbocycles. The van der Waals surface area contributed by atoms with Crippen molar-refractivity contribution in [2.75, 3.05) is 44.1 Å². The van der Waals surface area contributed by atoms with Gasteiger partial charge in [0.1, 0.15) is 0 Å². The van der Waals surface area contributed by atoms with Gasteiger partial charge in [-0.3, -0.25) is 0 Å². The van der Waals surface area contributed by atoms with Gasteiger partial charge < -0.3 is 19.7 Å². The maximum absolute atomic E-state index is 5.61. The second-order valence-corrected chi connectivity index (χ2v) is 5.57. The summed E-state index contributed by atoms with van der Waals surface area (Å²) in [5.41, 5.74) is 0. The van der Waals surface area contributed by atoms with Crippen LogP contribution in [0.2, 0.25) is 0 Å². The van der Waals surface area contributed by atoms with Crippen LogP contribution in [0.15, 0.2) is 0 Å². The number of aromatic nitrogens is 3. The average Bonchev–Trinajstić information content (AvgIpc) is 2.47. The maximum atomic E-state index is 5.61. The van der Waals surface area contributed by atoms with Crippen LogP contribution in [-0.2, 0) is 4.74 Å². The molecule has 2 heterocycles. The molecule has 0 aliphatic carbocycles.